The topological polar surface area (TPSA) is 72.3 Å². The zero-order valence-electron chi connectivity index (χ0n) is 13.5. The van der Waals surface area contributed by atoms with Crippen LogP contribution in [0.15, 0.2) is 64.6 Å². The lowest BCUT2D eigenvalue weighted by Gasteiger charge is -2.07. The highest BCUT2D eigenvalue weighted by Crippen LogP contribution is 2.14. The van der Waals surface area contributed by atoms with Crippen LogP contribution in [0.5, 0.6) is 5.75 Å². The molecule has 0 aliphatic carbocycles. The number of aryl methyl sites for hydroxylation is 1. The molecule has 3 aromatic rings. The Kier molecular flexibility index (Phi) is 5.15. The van der Waals surface area contributed by atoms with Crippen LogP contribution in [0.25, 0.3) is 0 Å². The minimum absolute atomic E-state index is 0.141. The minimum atomic E-state index is -0.391. The van der Waals surface area contributed by atoms with Gasteiger partial charge >= 0.3 is 0 Å². The van der Waals surface area contributed by atoms with Gasteiger partial charge in [-0.15, -0.1) is 0 Å². The molecule has 0 aliphatic rings. The number of hydrogen-bond acceptors (Lipinski definition) is 5. The fourth-order valence-corrected chi connectivity index (χ4v) is 2.39. The summed E-state index contributed by atoms with van der Waals surface area (Å²) in [4.78, 5) is 11.6. The molecule has 7 heteroatoms. The van der Waals surface area contributed by atoms with Crippen molar-refractivity contribution >= 4 is 18.4 Å². The van der Waals surface area contributed by atoms with Crippen LogP contribution in [-0.2, 0) is 6.61 Å². The van der Waals surface area contributed by atoms with Crippen LogP contribution in [0.2, 0.25) is 0 Å². The predicted molar refractivity (Wildman–Crippen MR) is 98.6 cm³/mol. The molecule has 0 bridgehead atoms. The Bertz CT molecular complexity index is 978. The van der Waals surface area contributed by atoms with Crippen LogP contribution >= 0.6 is 12.2 Å². The number of H-pyrrole nitrogens is 1. The smallest absolute Gasteiger partial charge is 0.293 e. The van der Waals surface area contributed by atoms with E-state index in [0.717, 1.165) is 27.7 Å². The van der Waals surface area contributed by atoms with Crippen LogP contribution < -0.4 is 10.3 Å². The molecule has 1 heterocycles. The highest BCUT2D eigenvalue weighted by Gasteiger charge is 1.98. The van der Waals surface area contributed by atoms with Gasteiger partial charge in [0.1, 0.15) is 18.6 Å². The third-order valence-corrected chi connectivity index (χ3v) is 3.69. The number of rotatable bonds is 5. The summed E-state index contributed by atoms with van der Waals surface area (Å²) in [5, 5.41) is 10.2. The van der Waals surface area contributed by atoms with Crippen LogP contribution in [0, 0.1) is 11.7 Å². The van der Waals surface area contributed by atoms with Crippen LogP contribution in [0.1, 0.15) is 16.7 Å². The van der Waals surface area contributed by atoms with Crippen molar-refractivity contribution in [1.29, 1.82) is 0 Å². The maximum Gasteiger partial charge on any atom is 0.293 e. The van der Waals surface area contributed by atoms with Gasteiger partial charge in [0.2, 0.25) is 4.77 Å². The summed E-state index contributed by atoms with van der Waals surface area (Å²) < 4.78 is 6.99. The lowest BCUT2D eigenvalue weighted by molar-refractivity contribution is 0.306. The lowest BCUT2D eigenvalue weighted by Crippen LogP contribution is -2.18. The van der Waals surface area contributed by atoms with Crippen LogP contribution in [-0.4, -0.2) is 21.1 Å². The molecule has 1 N–H and O–H groups in total. The Hall–Kier alpha value is -3.06. The van der Waals surface area contributed by atoms with Gasteiger partial charge in [0.15, 0.2) is 0 Å². The van der Waals surface area contributed by atoms with Gasteiger partial charge < -0.3 is 4.74 Å². The largest absolute Gasteiger partial charge is 0.489 e. The fraction of sp³-hybridized carbons (Fsp3) is 0.111. The molecule has 0 radical (unpaired) electrons. The Labute approximate surface area is 149 Å². The zero-order valence-corrected chi connectivity index (χ0v) is 14.4. The van der Waals surface area contributed by atoms with E-state index in [9.17, 15) is 4.79 Å². The molecule has 0 saturated carbocycles. The average Bonchev–Trinajstić information content (AvgIpc) is 2.61. The van der Waals surface area contributed by atoms with Gasteiger partial charge in [0.05, 0.1) is 6.21 Å². The van der Waals surface area contributed by atoms with E-state index in [-0.39, 0.29) is 4.77 Å². The van der Waals surface area contributed by atoms with Gasteiger partial charge in [0, 0.05) is 0 Å². The summed E-state index contributed by atoms with van der Waals surface area (Å²) in [6, 6.07) is 15.6. The Morgan fingerprint density at radius 1 is 1.28 bits per heavy atom. The Morgan fingerprint density at radius 2 is 2.08 bits per heavy atom. The van der Waals surface area contributed by atoms with Gasteiger partial charge in [-0.05, 0) is 54.5 Å². The van der Waals surface area contributed by atoms with E-state index in [1.807, 2.05) is 36.4 Å². The molecule has 3 rings (SSSR count). The van der Waals surface area contributed by atoms with E-state index in [2.05, 4.69) is 34.4 Å². The van der Waals surface area contributed by atoms with E-state index in [0.29, 0.717) is 6.61 Å². The van der Waals surface area contributed by atoms with E-state index in [1.165, 1.54) is 5.56 Å². The molecule has 0 saturated heterocycles. The standard InChI is InChI=1S/C18H16N4O2S/c1-13-3-2-4-15(9-13)12-24-16-7-5-14(6-8-16)10-20-22-17(23)11-19-21-18(22)25/h2-11H,12H2,1H3,(H,21,25)/b20-10+. The van der Waals surface area contributed by atoms with E-state index >= 15 is 0 Å². The summed E-state index contributed by atoms with van der Waals surface area (Å²) in [6.07, 6.45) is 2.67. The van der Waals surface area contributed by atoms with Crippen LogP contribution in [0.4, 0.5) is 0 Å². The minimum Gasteiger partial charge on any atom is -0.489 e. The number of benzene rings is 2. The second-order valence-corrected chi connectivity index (χ2v) is 5.80. The van der Waals surface area contributed by atoms with E-state index < -0.39 is 5.56 Å². The van der Waals surface area contributed by atoms with Gasteiger partial charge in [-0.3, -0.25) is 9.89 Å². The first kappa shape index (κ1) is 16.8. The normalized spacial score (nSPS) is 10.9. The van der Waals surface area contributed by atoms with Gasteiger partial charge in [0.25, 0.3) is 5.56 Å². The molecule has 25 heavy (non-hydrogen) atoms. The molecule has 0 aliphatic heterocycles. The molecule has 0 unspecified atom stereocenters. The molecule has 0 spiro atoms. The maximum atomic E-state index is 11.6. The number of nitrogens with zero attached hydrogens (tertiary/aromatic N) is 3. The van der Waals surface area contributed by atoms with Crippen molar-refractivity contribution in [3.8, 4) is 5.75 Å². The third-order valence-electron chi connectivity index (χ3n) is 3.43. The molecule has 1 aromatic heterocycles. The lowest BCUT2D eigenvalue weighted by atomic mass is 10.1. The number of hydrogen-bond donors (Lipinski definition) is 1. The summed E-state index contributed by atoms with van der Waals surface area (Å²) in [6.45, 7) is 2.56. The molecule has 0 fully saturated rings. The fourth-order valence-electron chi connectivity index (χ4n) is 2.20. The highest BCUT2D eigenvalue weighted by atomic mass is 32.1. The third kappa shape index (κ3) is 4.48. The van der Waals surface area contributed by atoms with Gasteiger partial charge in [-0.2, -0.15) is 14.9 Å². The molecule has 0 atom stereocenters. The number of aromatic nitrogens is 3. The molecule has 2 aromatic carbocycles. The summed E-state index contributed by atoms with van der Waals surface area (Å²) >= 11 is 4.98. The van der Waals surface area contributed by atoms with Gasteiger partial charge in [-0.1, -0.05) is 29.8 Å². The molecule has 6 nitrogen and oxygen atoms in total. The van der Waals surface area contributed by atoms with E-state index in [4.69, 9.17) is 17.0 Å². The quantitative estimate of drug-likeness (QED) is 0.566. The molecular weight excluding hydrogens is 336 g/mol. The first-order valence-electron chi connectivity index (χ1n) is 7.61. The predicted octanol–water partition coefficient (Wildman–Crippen LogP) is 3.07. The summed E-state index contributed by atoms with van der Waals surface area (Å²) in [5.41, 5.74) is 2.76. The molecular formula is C18H16N4O2S. The van der Waals surface area contributed by atoms with Crippen molar-refractivity contribution in [3.05, 3.63) is 86.5 Å². The van der Waals surface area contributed by atoms with E-state index in [1.54, 1.807) is 6.21 Å². The number of nitrogens with one attached hydrogen (secondary N) is 1. The first-order chi connectivity index (χ1) is 12.1. The van der Waals surface area contributed by atoms with Crippen molar-refractivity contribution in [3.63, 3.8) is 0 Å². The SMILES string of the molecule is Cc1cccc(COc2ccc(/C=N/n3c(=O)cn[nH]c3=S)cc2)c1. The van der Waals surface area contributed by atoms with Crippen molar-refractivity contribution in [2.24, 2.45) is 5.10 Å². The van der Waals surface area contributed by atoms with Crippen LogP contribution in [0.3, 0.4) is 0 Å². The maximum absolute atomic E-state index is 11.6. The summed E-state index contributed by atoms with van der Waals surface area (Å²) in [7, 11) is 0. The second-order valence-electron chi connectivity index (χ2n) is 5.42. The zero-order chi connectivity index (χ0) is 17.6. The highest BCUT2D eigenvalue weighted by molar-refractivity contribution is 7.71. The van der Waals surface area contributed by atoms with Crippen molar-refractivity contribution < 1.29 is 4.74 Å². The number of aromatic amines is 1. The molecule has 0 amide bonds. The monoisotopic (exact) mass is 352 g/mol. The second kappa shape index (κ2) is 7.67. The van der Waals surface area contributed by atoms with Gasteiger partial charge in [-0.25, -0.2) is 0 Å². The summed E-state index contributed by atoms with van der Waals surface area (Å²) in [5.74, 6) is 0.761. The van der Waals surface area contributed by atoms with Crippen molar-refractivity contribution in [2.75, 3.05) is 0 Å². The first-order valence-corrected chi connectivity index (χ1v) is 8.02. The Balaban J connectivity index is 1.67. The van der Waals surface area contributed by atoms with Crippen molar-refractivity contribution in [2.45, 2.75) is 13.5 Å². The molecule has 126 valence electrons. The number of ether oxygens (including phenoxy) is 1. The van der Waals surface area contributed by atoms with Crippen molar-refractivity contribution in [1.82, 2.24) is 14.9 Å². The average molecular weight is 352 g/mol. The Morgan fingerprint density at radius 3 is 2.80 bits per heavy atom.